The SMILES string of the molecule is CN(C)C(=O)NCc1nnn2c1COC1(CCCN(C(=O)Cc3ccncc3)C1)C2. The van der Waals surface area contributed by atoms with Gasteiger partial charge in [0.2, 0.25) is 5.91 Å². The van der Waals surface area contributed by atoms with Crippen LogP contribution >= 0.6 is 0 Å². The molecule has 1 N–H and O–H groups in total. The number of rotatable bonds is 4. The van der Waals surface area contributed by atoms with Gasteiger partial charge in [-0.15, -0.1) is 5.10 Å². The summed E-state index contributed by atoms with van der Waals surface area (Å²) in [6.07, 6.45) is 5.53. The summed E-state index contributed by atoms with van der Waals surface area (Å²) in [7, 11) is 3.38. The minimum atomic E-state index is -0.447. The third-order valence-electron chi connectivity index (χ3n) is 5.68. The number of hydrogen-bond donors (Lipinski definition) is 1. The van der Waals surface area contributed by atoms with Crippen molar-refractivity contribution in [2.45, 2.75) is 44.6 Å². The Morgan fingerprint density at radius 3 is 2.83 bits per heavy atom. The van der Waals surface area contributed by atoms with Crippen molar-refractivity contribution in [2.75, 3.05) is 27.2 Å². The molecule has 0 saturated carbocycles. The molecule has 0 aromatic carbocycles. The Morgan fingerprint density at radius 2 is 2.07 bits per heavy atom. The van der Waals surface area contributed by atoms with Crippen LogP contribution < -0.4 is 5.32 Å². The second-order valence-electron chi connectivity index (χ2n) is 8.12. The lowest BCUT2D eigenvalue weighted by atomic mass is 9.91. The summed E-state index contributed by atoms with van der Waals surface area (Å²) in [5.41, 5.74) is 2.10. The van der Waals surface area contributed by atoms with E-state index in [1.54, 1.807) is 26.5 Å². The summed E-state index contributed by atoms with van der Waals surface area (Å²) in [6, 6.07) is 3.56. The minimum Gasteiger partial charge on any atom is -0.365 e. The van der Waals surface area contributed by atoms with Gasteiger partial charge in [-0.1, -0.05) is 5.21 Å². The van der Waals surface area contributed by atoms with E-state index in [0.29, 0.717) is 38.4 Å². The molecule has 1 saturated heterocycles. The highest BCUT2D eigenvalue weighted by molar-refractivity contribution is 5.79. The fourth-order valence-corrected chi connectivity index (χ4v) is 3.99. The molecular formula is C20H27N7O3. The average Bonchev–Trinajstić information content (AvgIpc) is 3.14. The first-order chi connectivity index (χ1) is 14.5. The molecule has 4 heterocycles. The molecule has 4 rings (SSSR count). The second kappa shape index (κ2) is 8.39. The van der Waals surface area contributed by atoms with Crippen molar-refractivity contribution in [3.8, 4) is 0 Å². The van der Waals surface area contributed by atoms with Crippen molar-refractivity contribution in [2.24, 2.45) is 0 Å². The van der Waals surface area contributed by atoms with E-state index in [4.69, 9.17) is 4.74 Å². The zero-order valence-electron chi connectivity index (χ0n) is 17.4. The molecule has 10 nitrogen and oxygen atoms in total. The van der Waals surface area contributed by atoms with Crippen molar-refractivity contribution in [3.63, 3.8) is 0 Å². The van der Waals surface area contributed by atoms with Crippen LogP contribution in [0.2, 0.25) is 0 Å². The molecule has 1 spiro atoms. The van der Waals surface area contributed by atoms with E-state index in [1.165, 1.54) is 4.90 Å². The zero-order valence-corrected chi connectivity index (χ0v) is 17.4. The Balaban J connectivity index is 1.40. The molecule has 0 bridgehead atoms. The van der Waals surface area contributed by atoms with Gasteiger partial charge < -0.3 is 19.9 Å². The average molecular weight is 413 g/mol. The van der Waals surface area contributed by atoms with Gasteiger partial charge >= 0.3 is 6.03 Å². The molecule has 2 aliphatic rings. The highest BCUT2D eigenvalue weighted by Crippen LogP contribution is 2.32. The maximum atomic E-state index is 12.8. The fraction of sp³-hybridized carbons (Fsp3) is 0.550. The quantitative estimate of drug-likeness (QED) is 0.786. The largest absolute Gasteiger partial charge is 0.365 e. The van der Waals surface area contributed by atoms with Gasteiger partial charge in [0.05, 0.1) is 38.4 Å². The number of carbonyl (C=O) groups is 2. The number of carbonyl (C=O) groups excluding carboxylic acids is 2. The van der Waals surface area contributed by atoms with Crippen LogP contribution in [-0.2, 0) is 35.6 Å². The summed E-state index contributed by atoms with van der Waals surface area (Å²) in [4.78, 5) is 32.0. The van der Waals surface area contributed by atoms with Gasteiger partial charge in [-0.2, -0.15) is 0 Å². The molecule has 3 amide bonds. The standard InChI is InChI=1S/C20H27N7O3/c1-25(2)19(29)22-11-16-17-12-30-20(14-27(17)24-23-16)6-3-9-26(13-20)18(28)10-15-4-7-21-8-5-15/h4-5,7-8H,3,6,9-14H2,1-2H3,(H,22,29). The maximum Gasteiger partial charge on any atom is 0.317 e. The smallest absolute Gasteiger partial charge is 0.317 e. The number of piperidine rings is 1. The highest BCUT2D eigenvalue weighted by atomic mass is 16.5. The number of hydrogen-bond acceptors (Lipinski definition) is 6. The molecule has 10 heteroatoms. The first-order valence-electron chi connectivity index (χ1n) is 10.1. The lowest BCUT2D eigenvalue weighted by Gasteiger charge is -2.44. The van der Waals surface area contributed by atoms with Crippen LogP contribution in [0.3, 0.4) is 0 Å². The van der Waals surface area contributed by atoms with Gasteiger partial charge in [0.1, 0.15) is 11.3 Å². The maximum absolute atomic E-state index is 12.8. The summed E-state index contributed by atoms with van der Waals surface area (Å²) in [5.74, 6) is 0.0975. The molecule has 30 heavy (non-hydrogen) atoms. The first kappa shape index (κ1) is 20.3. The molecule has 160 valence electrons. The number of nitrogens with one attached hydrogen (secondary N) is 1. The first-order valence-corrected chi connectivity index (χ1v) is 10.1. The monoisotopic (exact) mass is 413 g/mol. The van der Waals surface area contributed by atoms with Crippen molar-refractivity contribution in [1.29, 1.82) is 0 Å². The van der Waals surface area contributed by atoms with Gasteiger partial charge in [-0.3, -0.25) is 9.78 Å². The molecule has 2 aromatic heterocycles. The Kier molecular flexibility index (Phi) is 5.67. The number of aromatic nitrogens is 4. The summed E-state index contributed by atoms with van der Waals surface area (Å²) in [5, 5.41) is 11.3. The molecule has 0 aliphatic carbocycles. The van der Waals surface area contributed by atoms with Crippen molar-refractivity contribution >= 4 is 11.9 Å². The van der Waals surface area contributed by atoms with E-state index in [-0.39, 0.29) is 11.9 Å². The number of urea groups is 1. The number of ether oxygens (including phenoxy) is 1. The number of pyridine rings is 1. The summed E-state index contributed by atoms with van der Waals surface area (Å²) >= 11 is 0. The number of amides is 3. The summed E-state index contributed by atoms with van der Waals surface area (Å²) in [6.45, 7) is 2.51. The van der Waals surface area contributed by atoms with Crippen LogP contribution in [0, 0.1) is 0 Å². The second-order valence-corrected chi connectivity index (χ2v) is 8.12. The van der Waals surface area contributed by atoms with E-state index < -0.39 is 5.60 Å². The lowest BCUT2D eigenvalue weighted by Crippen LogP contribution is -2.56. The van der Waals surface area contributed by atoms with Crippen LogP contribution in [0.5, 0.6) is 0 Å². The van der Waals surface area contributed by atoms with Gasteiger partial charge in [-0.25, -0.2) is 9.48 Å². The molecule has 0 radical (unpaired) electrons. The molecule has 2 aromatic rings. The van der Waals surface area contributed by atoms with Crippen LogP contribution in [0.1, 0.15) is 29.8 Å². The van der Waals surface area contributed by atoms with Gasteiger partial charge in [-0.05, 0) is 30.5 Å². The topological polar surface area (TPSA) is 105 Å². The van der Waals surface area contributed by atoms with Crippen LogP contribution in [0.25, 0.3) is 0 Å². The Morgan fingerprint density at radius 1 is 1.27 bits per heavy atom. The fourth-order valence-electron chi connectivity index (χ4n) is 3.99. The van der Waals surface area contributed by atoms with E-state index >= 15 is 0 Å². The normalized spacial score (nSPS) is 20.7. The van der Waals surface area contributed by atoms with Gasteiger partial charge in [0.25, 0.3) is 0 Å². The number of likely N-dealkylation sites (tertiary alicyclic amines) is 1. The predicted octanol–water partition coefficient (Wildman–Crippen LogP) is 0.578. The summed E-state index contributed by atoms with van der Waals surface area (Å²) < 4.78 is 8.15. The molecule has 2 aliphatic heterocycles. The van der Waals surface area contributed by atoms with Gasteiger partial charge in [0.15, 0.2) is 0 Å². The molecular weight excluding hydrogens is 386 g/mol. The van der Waals surface area contributed by atoms with Crippen LogP contribution in [0.15, 0.2) is 24.5 Å². The minimum absolute atomic E-state index is 0.0975. The van der Waals surface area contributed by atoms with E-state index in [0.717, 1.165) is 30.6 Å². The van der Waals surface area contributed by atoms with Crippen molar-refractivity contribution < 1.29 is 14.3 Å². The molecule has 1 fully saturated rings. The Bertz CT molecular complexity index is 914. The third-order valence-corrected chi connectivity index (χ3v) is 5.68. The van der Waals surface area contributed by atoms with Crippen molar-refractivity contribution in [1.82, 2.24) is 35.1 Å². The number of fused-ring (bicyclic) bond motifs is 1. The highest BCUT2D eigenvalue weighted by Gasteiger charge is 2.42. The zero-order chi connectivity index (χ0) is 21.1. The molecule has 1 atom stereocenters. The number of nitrogens with zero attached hydrogens (tertiary/aromatic N) is 6. The predicted molar refractivity (Wildman–Crippen MR) is 107 cm³/mol. The van der Waals surface area contributed by atoms with E-state index in [2.05, 4.69) is 20.6 Å². The Hall–Kier alpha value is -3.01. The van der Waals surface area contributed by atoms with E-state index in [1.807, 2.05) is 21.7 Å². The van der Waals surface area contributed by atoms with Crippen molar-refractivity contribution in [3.05, 3.63) is 41.5 Å². The van der Waals surface area contributed by atoms with Crippen LogP contribution in [-0.4, -0.2) is 74.5 Å². The van der Waals surface area contributed by atoms with E-state index in [9.17, 15) is 9.59 Å². The van der Waals surface area contributed by atoms with Gasteiger partial charge in [0, 0.05) is 33.0 Å². The molecule has 1 unspecified atom stereocenters. The Labute approximate surface area is 175 Å². The van der Waals surface area contributed by atoms with Crippen LogP contribution in [0.4, 0.5) is 4.79 Å². The lowest BCUT2D eigenvalue weighted by molar-refractivity contribution is -0.152. The third kappa shape index (κ3) is 4.28.